The summed E-state index contributed by atoms with van der Waals surface area (Å²) in [6.07, 6.45) is 4.99. The Morgan fingerprint density at radius 1 is 1.28 bits per heavy atom. The largest absolute Gasteiger partial charge is 0.330 e. The van der Waals surface area contributed by atoms with Crippen molar-refractivity contribution < 1.29 is 9.59 Å². The minimum atomic E-state index is -0.372. The van der Waals surface area contributed by atoms with Crippen LogP contribution < -0.4 is 0 Å². The first-order valence-corrected chi connectivity index (χ1v) is 7.12. The summed E-state index contributed by atoms with van der Waals surface area (Å²) in [6.45, 7) is 1.75. The Morgan fingerprint density at radius 2 is 2.11 bits per heavy atom. The zero-order valence-electron chi connectivity index (χ0n) is 10.0. The molecule has 0 unspecified atom stereocenters. The van der Waals surface area contributed by atoms with E-state index in [-0.39, 0.29) is 11.8 Å². The van der Waals surface area contributed by atoms with Gasteiger partial charge in [-0.05, 0) is 19.3 Å². The molecule has 1 aromatic rings. The number of aromatic nitrogens is 1. The quantitative estimate of drug-likeness (QED) is 0.762. The fourth-order valence-electron chi connectivity index (χ4n) is 2.38. The van der Waals surface area contributed by atoms with Crippen LogP contribution in [0.1, 0.15) is 24.3 Å². The van der Waals surface area contributed by atoms with E-state index in [1.54, 1.807) is 16.0 Å². The molecule has 3 rings (SSSR count). The average Bonchev–Trinajstić information content (AvgIpc) is 2.79. The smallest absolute Gasteiger partial charge is 0.312 e. The maximum Gasteiger partial charge on any atom is 0.312 e. The second-order valence-corrected chi connectivity index (χ2v) is 5.71. The Morgan fingerprint density at radius 3 is 2.72 bits per heavy atom. The van der Waals surface area contributed by atoms with Gasteiger partial charge in [-0.2, -0.15) is 0 Å². The summed E-state index contributed by atoms with van der Waals surface area (Å²) in [5.74, 6) is -0.703. The van der Waals surface area contributed by atoms with Gasteiger partial charge in [-0.15, -0.1) is 11.3 Å². The first-order valence-electron chi connectivity index (χ1n) is 6.24. The molecule has 0 spiro atoms. The summed E-state index contributed by atoms with van der Waals surface area (Å²) in [5, 5.41) is 2.76. The molecule has 2 amide bonds. The molecule has 6 heteroatoms. The van der Waals surface area contributed by atoms with Crippen LogP contribution in [0.2, 0.25) is 0 Å². The van der Waals surface area contributed by atoms with Crippen molar-refractivity contribution in [2.75, 3.05) is 13.1 Å². The number of hydrogen-bond donors (Lipinski definition) is 0. The van der Waals surface area contributed by atoms with Crippen LogP contribution in [0, 0.1) is 0 Å². The highest BCUT2D eigenvalue weighted by Crippen LogP contribution is 2.26. The summed E-state index contributed by atoms with van der Waals surface area (Å²) in [4.78, 5) is 31.5. The molecule has 0 atom stereocenters. The standard InChI is InChI=1S/C12H15N3O2S/c16-11-12(17)15(9-2-1-3-9)6-5-14(11)8-10-13-4-7-18-10/h4,7,9H,1-3,5-6,8H2. The Bertz CT molecular complexity index is 456. The highest BCUT2D eigenvalue weighted by atomic mass is 32.1. The maximum absolute atomic E-state index is 12.0. The van der Waals surface area contributed by atoms with E-state index in [4.69, 9.17) is 0 Å². The van der Waals surface area contributed by atoms with Crippen LogP contribution in [0.5, 0.6) is 0 Å². The van der Waals surface area contributed by atoms with Gasteiger partial charge in [0.15, 0.2) is 0 Å². The molecule has 0 bridgehead atoms. The first kappa shape index (κ1) is 11.6. The summed E-state index contributed by atoms with van der Waals surface area (Å²) >= 11 is 1.51. The Balaban J connectivity index is 1.66. The SMILES string of the molecule is O=C1C(=O)N(C2CCC2)CCN1Cc1nccs1. The lowest BCUT2D eigenvalue weighted by atomic mass is 9.91. The Kier molecular flexibility index (Phi) is 3.03. The van der Waals surface area contributed by atoms with Gasteiger partial charge in [-0.25, -0.2) is 4.98 Å². The lowest BCUT2D eigenvalue weighted by Crippen LogP contribution is -2.58. The van der Waals surface area contributed by atoms with Gasteiger partial charge in [0.05, 0.1) is 6.54 Å². The Labute approximate surface area is 109 Å². The normalized spacial score (nSPS) is 21.3. The van der Waals surface area contributed by atoms with Crippen molar-refractivity contribution in [2.45, 2.75) is 31.8 Å². The molecule has 5 nitrogen and oxygen atoms in total. The van der Waals surface area contributed by atoms with E-state index in [0.29, 0.717) is 25.7 Å². The molecule has 1 saturated heterocycles. The minimum Gasteiger partial charge on any atom is -0.330 e. The van der Waals surface area contributed by atoms with Crippen molar-refractivity contribution in [3.05, 3.63) is 16.6 Å². The van der Waals surface area contributed by atoms with Crippen molar-refractivity contribution in [3.8, 4) is 0 Å². The number of piperazine rings is 1. The van der Waals surface area contributed by atoms with Gasteiger partial charge in [-0.3, -0.25) is 9.59 Å². The fourth-order valence-corrected chi connectivity index (χ4v) is 3.01. The molecule has 1 aliphatic carbocycles. The molecule has 2 heterocycles. The van der Waals surface area contributed by atoms with E-state index < -0.39 is 0 Å². The van der Waals surface area contributed by atoms with E-state index in [1.165, 1.54) is 17.8 Å². The van der Waals surface area contributed by atoms with E-state index in [1.807, 2.05) is 5.38 Å². The zero-order valence-corrected chi connectivity index (χ0v) is 10.9. The summed E-state index contributed by atoms with van der Waals surface area (Å²) < 4.78 is 0. The highest BCUT2D eigenvalue weighted by Gasteiger charge is 2.38. The molecule has 96 valence electrons. The van der Waals surface area contributed by atoms with Gasteiger partial charge in [0.25, 0.3) is 0 Å². The first-order chi connectivity index (χ1) is 8.75. The third kappa shape index (κ3) is 2.01. The average molecular weight is 265 g/mol. The third-order valence-corrected chi connectivity index (χ3v) is 4.43. The van der Waals surface area contributed by atoms with Gasteiger partial charge in [0.2, 0.25) is 0 Å². The molecule has 0 N–H and O–H groups in total. The maximum atomic E-state index is 12.0. The Hall–Kier alpha value is -1.43. The van der Waals surface area contributed by atoms with Crippen LogP contribution in [-0.2, 0) is 16.1 Å². The second kappa shape index (κ2) is 4.68. The number of rotatable bonds is 3. The van der Waals surface area contributed by atoms with Gasteiger partial charge in [-0.1, -0.05) is 0 Å². The molecule has 2 fully saturated rings. The number of carbonyl (C=O) groups is 2. The van der Waals surface area contributed by atoms with Gasteiger partial charge >= 0.3 is 11.8 Å². The van der Waals surface area contributed by atoms with Gasteiger partial charge in [0, 0.05) is 30.7 Å². The van der Waals surface area contributed by atoms with Crippen LogP contribution in [0.25, 0.3) is 0 Å². The van der Waals surface area contributed by atoms with Crippen molar-refractivity contribution in [3.63, 3.8) is 0 Å². The van der Waals surface area contributed by atoms with E-state index in [0.717, 1.165) is 17.8 Å². The molecule has 18 heavy (non-hydrogen) atoms. The lowest BCUT2D eigenvalue weighted by Gasteiger charge is -2.41. The highest BCUT2D eigenvalue weighted by molar-refractivity contribution is 7.09. The topological polar surface area (TPSA) is 53.5 Å². The number of thiazole rings is 1. The van der Waals surface area contributed by atoms with Crippen LogP contribution in [0.4, 0.5) is 0 Å². The van der Waals surface area contributed by atoms with Crippen LogP contribution in [0.3, 0.4) is 0 Å². The van der Waals surface area contributed by atoms with Crippen LogP contribution >= 0.6 is 11.3 Å². The predicted octanol–water partition coefficient (Wildman–Crippen LogP) is 0.866. The van der Waals surface area contributed by atoms with Gasteiger partial charge < -0.3 is 9.80 Å². The summed E-state index contributed by atoms with van der Waals surface area (Å²) in [7, 11) is 0. The molecule has 2 aliphatic rings. The second-order valence-electron chi connectivity index (χ2n) is 4.74. The van der Waals surface area contributed by atoms with Crippen LogP contribution in [0.15, 0.2) is 11.6 Å². The van der Waals surface area contributed by atoms with Crippen molar-refractivity contribution in [1.29, 1.82) is 0 Å². The van der Waals surface area contributed by atoms with Crippen molar-refractivity contribution in [2.24, 2.45) is 0 Å². The molecule has 0 radical (unpaired) electrons. The number of carbonyl (C=O) groups excluding carboxylic acids is 2. The summed E-state index contributed by atoms with van der Waals surface area (Å²) in [6, 6.07) is 0.309. The molecule has 1 aromatic heterocycles. The summed E-state index contributed by atoms with van der Waals surface area (Å²) in [5.41, 5.74) is 0. The van der Waals surface area contributed by atoms with Gasteiger partial charge in [0.1, 0.15) is 5.01 Å². The van der Waals surface area contributed by atoms with E-state index in [2.05, 4.69) is 4.98 Å². The third-order valence-electron chi connectivity index (χ3n) is 3.67. The fraction of sp³-hybridized carbons (Fsp3) is 0.583. The molecule has 1 aliphatic heterocycles. The van der Waals surface area contributed by atoms with Crippen molar-refractivity contribution in [1.82, 2.24) is 14.8 Å². The monoisotopic (exact) mass is 265 g/mol. The van der Waals surface area contributed by atoms with Crippen LogP contribution in [-0.4, -0.2) is 45.7 Å². The number of hydrogen-bond acceptors (Lipinski definition) is 4. The zero-order chi connectivity index (χ0) is 12.5. The number of nitrogens with zero attached hydrogens (tertiary/aromatic N) is 3. The van der Waals surface area contributed by atoms with E-state index >= 15 is 0 Å². The molecular weight excluding hydrogens is 250 g/mol. The van der Waals surface area contributed by atoms with Crippen molar-refractivity contribution >= 4 is 23.2 Å². The number of amides is 2. The molecule has 1 saturated carbocycles. The predicted molar refractivity (Wildman–Crippen MR) is 66.9 cm³/mol. The lowest BCUT2D eigenvalue weighted by molar-refractivity contribution is -0.159. The minimum absolute atomic E-state index is 0.309. The molecule has 0 aromatic carbocycles. The van der Waals surface area contributed by atoms with E-state index in [9.17, 15) is 9.59 Å². The molecular formula is C12H15N3O2S.